The minimum Gasteiger partial charge on any atom is -0.396 e. The van der Waals surface area contributed by atoms with E-state index in [0.717, 1.165) is 29.5 Å². The lowest BCUT2D eigenvalue weighted by atomic mass is 9.89. The third-order valence-electron chi connectivity index (χ3n) is 4.64. The molecule has 120 valence electrons. The molecule has 1 fully saturated rings. The smallest absolute Gasteiger partial charge is 0.0862 e. The molecule has 21 heavy (non-hydrogen) atoms. The number of nitrogens with zero attached hydrogens (tertiary/aromatic N) is 3. The van der Waals surface area contributed by atoms with Gasteiger partial charge in [-0.3, -0.25) is 4.68 Å². The number of aliphatic hydroxyl groups excluding tert-OH is 1. The van der Waals surface area contributed by atoms with E-state index in [1.807, 2.05) is 18.5 Å². The molecule has 0 saturated heterocycles. The monoisotopic (exact) mass is 294 g/mol. The number of aliphatic hydroxyl groups is 1. The van der Waals surface area contributed by atoms with Gasteiger partial charge in [0.1, 0.15) is 0 Å². The van der Waals surface area contributed by atoms with E-state index in [0.29, 0.717) is 13.1 Å². The summed E-state index contributed by atoms with van der Waals surface area (Å²) in [5, 5.41) is 14.7. The van der Waals surface area contributed by atoms with Gasteiger partial charge in [0, 0.05) is 13.1 Å². The number of aryl methyl sites for hydroxylation is 1. The van der Waals surface area contributed by atoms with Gasteiger partial charge < -0.3 is 15.7 Å². The van der Waals surface area contributed by atoms with Crippen LogP contribution in [-0.4, -0.2) is 46.0 Å². The Bertz CT molecular complexity index is 451. The fourth-order valence-corrected chi connectivity index (χ4v) is 3.39. The van der Waals surface area contributed by atoms with Crippen molar-refractivity contribution in [2.45, 2.75) is 58.6 Å². The number of aromatic nitrogens is 2. The van der Waals surface area contributed by atoms with E-state index in [9.17, 15) is 5.11 Å². The summed E-state index contributed by atoms with van der Waals surface area (Å²) in [6.45, 7) is 6.15. The summed E-state index contributed by atoms with van der Waals surface area (Å²) < 4.78 is 1.82. The van der Waals surface area contributed by atoms with Crippen LogP contribution in [0.4, 0.5) is 5.69 Å². The van der Waals surface area contributed by atoms with E-state index < -0.39 is 6.10 Å². The molecule has 5 heteroatoms. The lowest BCUT2D eigenvalue weighted by Crippen LogP contribution is -2.36. The number of likely N-dealkylation sites (N-methyl/N-ethyl adjacent to an activating group) is 1. The Morgan fingerprint density at radius 3 is 2.57 bits per heavy atom. The van der Waals surface area contributed by atoms with Crippen LogP contribution in [0.3, 0.4) is 0 Å². The molecule has 0 bridgehead atoms. The first-order valence-corrected chi connectivity index (χ1v) is 8.13. The zero-order chi connectivity index (χ0) is 15.4. The fraction of sp³-hybridized carbons (Fsp3) is 0.812. The lowest BCUT2D eigenvalue weighted by molar-refractivity contribution is 0.0950. The molecule has 1 saturated carbocycles. The van der Waals surface area contributed by atoms with Crippen molar-refractivity contribution in [2.75, 3.05) is 25.9 Å². The normalized spacial score (nSPS) is 18.3. The third-order valence-corrected chi connectivity index (χ3v) is 4.64. The zero-order valence-corrected chi connectivity index (χ0v) is 13.7. The molecule has 2 rings (SSSR count). The van der Waals surface area contributed by atoms with Crippen molar-refractivity contribution in [1.82, 2.24) is 14.7 Å². The molecule has 5 nitrogen and oxygen atoms in total. The third kappa shape index (κ3) is 4.45. The summed E-state index contributed by atoms with van der Waals surface area (Å²) in [6, 6.07) is 0. The van der Waals surface area contributed by atoms with Crippen LogP contribution in [-0.2, 0) is 6.54 Å². The van der Waals surface area contributed by atoms with Crippen molar-refractivity contribution in [2.24, 2.45) is 5.92 Å². The number of nitrogens with two attached hydrogens (primary N) is 1. The van der Waals surface area contributed by atoms with Crippen molar-refractivity contribution < 1.29 is 5.11 Å². The molecule has 0 amide bonds. The Kier molecular flexibility index (Phi) is 5.65. The summed E-state index contributed by atoms with van der Waals surface area (Å²) in [4.78, 5) is 2.26. The topological polar surface area (TPSA) is 67.3 Å². The lowest BCUT2D eigenvalue weighted by Gasteiger charge is -2.28. The molecule has 1 heterocycles. The average Bonchev–Trinajstić information content (AvgIpc) is 2.67. The number of rotatable bonds is 6. The summed E-state index contributed by atoms with van der Waals surface area (Å²) in [6.07, 6.45) is 6.40. The predicted octanol–water partition coefficient (Wildman–Crippen LogP) is 1.96. The van der Waals surface area contributed by atoms with Crippen molar-refractivity contribution in [3.63, 3.8) is 0 Å². The van der Waals surface area contributed by atoms with Gasteiger partial charge in [0.25, 0.3) is 0 Å². The predicted molar refractivity (Wildman–Crippen MR) is 86.2 cm³/mol. The summed E-state index contributed by atoms with van der Waals surface area (Å²) >= 11 is 0. The molecule has 0 aliphatic heterocycles. The van der Waals surface area contributed by atoms with Crippen LogP contribution in [0, 0.1) is 19.8 Å². The van der Waals surface area contributed by atoms with E-state index in [1.54, 1.807) is 0 Å². The summed E-state index contributed by atoms with van der Waals surface area (Å²) in [7, 11) is 2.10. The SMILES string of the molecule is Cc1nn(CC(O)CN(C)CC2CCCCC2)c(C)c1N. The standard InChI is InChI=1S/C16H30N4O/c1-12-16(17)13(2)20(18-12)11-15(21)10-19(3)9-14-7-5-4-6-8-14/h14-15,21H,4-11,17H2,1-3H3. The Balaban J connectivity index is 1.80. The number of hydrogen-bond donors (Lipinski definition) is 2. The van der Waals surface area contributed by atoms with Crippen LogP contribution in [0.15, 0.2) is 0 Å². The van der Waals surface area contributed by atoms with Gasteiger partial charge in [0.05, 0.1) is 29.7 Å². The zero-order valence-electron chi connectivity index (χ0n) is 13.7. The van der Waals surface area contributed by atoms with Crippen LogP contribution in [0.25, 0.3) is 0 Å². The van der Waals surface area contributed by atoms with Crippen molar-refractivity contribution in [3.8, 4) is 0 Å². The highest BCUT2D eigenvalue weighted by atomic mass is 16.3. The van der Waals surface area contributed by atoms with Gasteiger partial charge in [-0.15, -0.1) is 0 Å². The Labute approximate surface area is 128 Å². The van der Waals surface area contributed by atoms with E-state index in [2.05, 4.69) is 17.0 Å². The second-order valence-corrected chi connectivity index (χ2v) is 6.65. The highest BCUT2D eigenvalue weighted by Gasteiger charge is 2.18. The van der Waals surface area contributed by atoms with E-state index >= 15 is 0 Å². The fourth-order valence-electron chi connectivity index (χ4n) is 3.39. The minimum absolute atomic E-state index is 0.406. The second-order valence-electron chi connectivity index (χ2n) is 6.65. The average molecular weight is 294 g/mol. The maximum atomic E-state index is 10.3. The molecule has 1 aromatic rings. The van der Waals surface area contributed by atoms with Gasteiger partial charge in [-0.2, -0.15) is 5.10 Å². The van der Waals surface area contributed by atoms with E-state index in [-0.39, 0.29) is 0 Å². The van der Waals surface area contributed by atoms with Crippen molar-refractivity contribution in [1.29, 1.82) is 0 Å². The van der Waals surface area contributed by atoms with Gasteiger partial charge in [-0.25, -0.2) is 0 Å². The molecule has 0 spiro atoms. The first-order valence-electron chi connectivity index (χ1n) is 8.13. The number of nitrogen functional groups attached to an aromatic ring is 1. The number of hydrogen-bond acceptors (Lipinski definition) is 4. The summed E-state index contributed by atoms with van der Waals surface area (Å²) in [5.41, 5.74) is 8.45. The Hall–Kier alpha value is -1.07. The molecular weight excluding hydrogens is 264 g/mol. The maximum absolute atomic E-state index is 10.3. The van der Waals surface area contributed by atoms with E-state index in [4.69, 9.17) is 5.73 Å². The quantitative estimate of drug-likeness (QED) is 0.841. The van der Waals surface area contributed by atoms with Gasteiger partial charge >= 0.3 is 0 Å². The van der Waals surface area contributed by atoms with Gasteiger partial charge in [-0.1, -0.05) is 19.3 Å². The van der Waals surface area contributed by atoms with Crippen LogP contribution in [0.1, 0.15) is 43.5 Å². The molecule has 1 aliphatic rings. The first-order chi connectivity index (χ1) is 9.97. The van der Waals surface area contributed by atoms with Gasteiger partial charge in [-0.05, 0) is 39.7 Å². The molecular formula is C16H30N4O. The highest BCUT2D eigenvalue weighted by Crippen LogP contribution is 2.24. The highest BCUT2D eigenvalue weighted by molar-refractivity contribution is 5.46. The number of anilines is 1. The maximum Gasteiger partial charge on any atom is 0.0862 e. The van der Waals surface area contributed by atoms with Gasteiger partial charge in [0.15, 0.2) is 0 Å². The Morgan fingerprint density at radius 1 is 1.33 bits per heavy atom. The Morgan fingerprint density at radius 2 is 2.00 bits per heavy atom. The van der Waals surface area contributed by atoms with Crippen molar-refractivity contribution >= 4 is 5.69 Å². The molecule has 1 aromatic heterocycles. The minimum atomic E-state index is -0.406. The van der Waals surface area contributed by atoms with Gasteiger partial charge in [0.2, 0.25) is 0 Å². The van der Waals surface area contributed by atoms with Crippen molar-refractivity contribution in [3.05, 3.63) is 11.4 Å². The van der Waals surface area contributed by atoms with E-state index in [1.165, 1.54) is 32.1 Å². The van der Waals surface area contributed by atoms with Crippen LogP contribution in [0.2, 0.25) is 0 Å². The van der Waals surface area contributed by atoms with Crippen LogP contribution in [0.5, 0.6) is 0 Å². The first kappa shape index (κ1) is 16.3. The molecule has 0 radical (unpaired) electrons. The molecule has 3 N–H and O–H groups in total. The molecule has 1 atom stereocenters. The van der Waals surface area contributed by atoms with Crippen LogP contribution >= 0.6 is 0 Å². The second kappa shape index (κ2) is 7.27. The summed E-state index contributed by atoms with van der Waals surface area (Å²) in [5.74, 6) is 0.806. The molecule has 0 aromatic carbocycles. The molecule has 1 unspecified atom stereocenters. The molecule has 1 aliphatic carbocycles. The largest absolute Gasteiger partial charge is 0.396 e. The van der Waals surface area contributed by atoms with Crippen LogP contribution < -0.4 is 5.73 Å².